The van der Waals surface area contributed by atoms with Gasteiger partial charge in [-0.15, -0.1) is 0 Å². The average molecular weight is 394 g/mol. The molecule has 0 radical (unpaired) electrons. The van der Waals surface area contributed by atoms with Gasteiger partial charge in [0.2, 0.25) is 0 Å². The Hall–Kier alpha value is -1.79. The van der Waals surface area contributed by atoms with Crippen LogP contribution in [0.1, 0.15) is 24.6 Å². The van der Waals surface area contributed by atoms with Gasteiger partial charge < -0.3 is 19.4 Å². The molecule has 1 saturated heterocycles. The summed E-state index contributed by atoms with van der Waals surface area (Å²) >= 11 is 3.37. The first-order valence-corrected chi connectivity index (χ1v) is 9.05. The SMILES string of the molecule is O=C(COc1ccc(Br)cc1)NC[C@@H](c1ccco1)[NH+]1CCCC1. The maximum absolute atomic E-state index is 12.1. The van der Waals surface area contributed by atoms with Gasteiger partial charge in [0, 0.05) is 17.3 Å². The Labute approximate surface area is 150 Å². The van der Waals surface area contributed by atoms with Gasteiger partial charge in [0.1, 0.15) is 5.75 Å². The molecule has 0 saturated carbocycles. The number of quaternary nitrogens is 1. The van der Waals surface area contributed by atoms with Crippen molar-refractivity contribution in [2.24, 2.45) is 0 Å². The molecule has 0 aliphatic carbocycles. The largest absolute Gasteiger partial charge is 0.484 e. The highest BCUT2D eigenvalue weighted by Gasteiger charge is 2.29. The minimum atomic E-state index is -0.118. The standard InChI is InChI=1S/C18H21BrN2O3/c19-14-5-7-15(8-6-14)24-13-18(22)20-12-16(17-4-3-11-23-17)21-9-1-2-10-21/h3-8,11,16H,1-2,9-10,12-13H2,(H,20,22)/p+1/t16-/m0/s1. The molecule has 2 aromatic rings. The predicted molar refractivity (Wildman–Crippen MR) is 94.0 cm³/mol. The molecule has 0 unspecified atom stereocenters. The monoisotopic (exact) mass is 393 g/mol. The quantitative estimate of drug-likeness (QED) is 0.755. The molecule has 1 aliphatic heterocycles. The van der Waals surface area contributed by atoms with Crippen molar-refractivity contribution in [2.45, 2.75) is 18.9 Å². The fraction of sp³-hybridized carbons (Fsp3) is 0.389. The van der Waals surface area contributed by atoms with Crippen molar-refractivity contribution in [3.05, 3.63) is 52.9 Å². The fourth-order valence-electron chi connectivity index (χ4n) is 3.06. The van der Waals surface area contributed by atoms with Gasteiger partial charge >= 0.3 is 0 Å². The fourth-order valence-corrected chi connectivity index (χ4v) is 3.32. The Bertz CT molecular complexity index is 637. The first-order valence-electron chi connectivity index (χ1n) is 8.25. The third-order valence-corrected chi connectivity index (χ3v) is 4.84. The van der Waals surface area contributed by atoms with Crippen molar-refractivity contribution in [1.82, 2.24) is 5.32 Å². The van der Waals surface area contributed by atoms with E-state index < -0.39 is 0 Å². The number of halogens is 1. The highest BCUT2D eigenvalue weighted by molar-refractivity contribution is 9.10. The number of rotatable bonds is 7. The van der Waals surface area contributed by atoms with Crippen molar-refractivity contribution in [3.63, 3.8) is 0 Å². The van der Waals surface area contributed by atoms with Crippen LogP contribution in [-0.4, -0.2) is 32.1 Å². The summed E-state index contributed by atoms with van der Waals surface area (Å²) in [7, 11) is 0. The van der Waals surface area contributed by atoms with E-state index in [0.717, 1.165) is 23.3 Å². The van der Waals surface area contributed by atoms with Crippen LogP contribution < -0.4 is 15.0 Å². The van der Waals surface area contributed by atoms with Crippen LogP contribution in [0.5, 0.6) is 5.75 Å². The van der Waals surface area contributed by atoms with Gasteiger partial charge in [-0.1, -0.05) is 15.9 Å². The van der Waals surface area contributed by atoms with Gasteiger partial charge in [-0.2, -0.15) is 0 Å². The van der Waals surface area contributed by atoms with Gasteiger partial charge in [-0.3, -0.25) is 4.79 Å². The molecule has 24 heavy (non-hydrogen) atoms. The second-order valence-electron chi connectivity index (χ2n) is 5.98. The third-order valence-electron chi connectivity index (χ3n) is 4.31. The predicted octanol–water partition coefficient (Wildman–Crippen LogP) is 1.96. The summed E-state index contributed by atoms with van der Waals surface area (Å²) in [5.41, 5.74) is 0. The molecule has 128 valence electrons. The summed E-state index contributed by atoms with van der Waals surface area (Å²) in [4.78, 5) is 13.6. The van der Waals surface area contributed by atoms with E-state index in [4.69, 9.17) is 9.15 Å². The summed E-state index contributed by atoms with van der Waals surface area (Å²) in [6.45, 7) is 2.82. The molecule has 1 fully saturated rings. The summed E-state index contributed by atoms with van der Waals surface area (Å²) < 4.78 is 12.1. The van der Waals surface area contributed by atoms with Crippen LogP contribution >= 0.6 is 15.9 Å². The van der Waals surface area contributed by atoms with Crippen molar-refractivity contribution >= 4 is 21.8 Å². The van der Waals surface area contributed by atoms with Crippen LogP contribution in [0.4, 0.5) is 0 Å². The first kappa shape index (κ1) is 17.0. The number of hydrogen-bond donors (Lipinski definition) is 2. The molecule has 0 spiro atoms. The van der Waals surface area contributed by atoms with E-state index in [1.54, 1.807) is 6.26 Å². The molecule has 5 nitrogen and oxygen atoms in total. The van der Waals surface area contributed by atoms with Crippen LogP contribution in [-0.2, 0) is 4.79 Å². The van der Waals surface area contributed by atoms with Crippen LogP contribution in [0.25, 0.3) is 0 Å². The smallest absolute Gasteiger partial charge is 0.258 e. The van der Waals surface area contributed by atoms with Crippen molar-refractivity contribution in [1.29, 1.82) is 0 Å². The number of hydrogen-bond acceptors (Lipinski definition) is 3. The molecular weight excluding hydrogens is 372 g/mol. The highest BCUT2D eigenvalue weighted by atomic mass is 79.9. The van der Waals surface area contributed by atoms with E-state index in [9.17, 15) is 4.79 Å². The van der Waals surface area contributed by atoms with Crippen molar-refractivity contribution in [2.75, 3.05) is 26.2 Å². The third kappa shape index (κ3) is 4.61. The van der Waals surface area contributed by atoms with E-state index in [2.05, 4.69) is 21.2 Å². The topological polar surface area (TPSA) is 55.9 Å². The zero-order valence-corrected chi connectivity index (χ0v) is 15.1. The van der Waals surface area contributed by atoms with Crippen molar-refractivity contribution < 1.29 is 18.8 Å². The lowest BCUT2D eigenvalue weighted by molar-refractivity contribution is -0.919. The lowest BCUT2D eigenvalue weighted by Crippen LogP contribution is -3.11. The minimum Gasteiger partial charge on any atom is -0.484 e. The number of benzene rings is 1. The molecule has 2 heterocycles. The summed E-state index contributed by atoms with van der Waals surface area (Å²) in [5, 5.41) is 2.98. The molecule has 6 heteroatoms. The van der Waals surface area contributed by atoms with Crippen LogP contribution in [0.3, 0.4) is 0 Å². The summed E-state index contributed by atoms with van der Waals surface area (Å²) in [5.74, 6) is 1.50. The van der Waals surface area contributed by atoms with Crippen LogP contribution in [0.15, 0.2) is 51.6 Å². The molecule has 1 aromatic heterocycles. The van der Waals surface area contributed by atoms with Crippen molar-refractivity contribution in [3.8, 4) is 5.75 Å². The maximum Gasteiger partial charge on any atom is 0.258 e. The van der Waals surface area contributed by atoms with Gasteiger partial charge in [0.05, 0.1) is 25.9 Å². The highest BCUT2D eigenvalue weighted by Crippen LogP contribution is 2.16. The molecular formula is C18H22BrN2O3+. The number of likely N-dealkylation sites (tertiary alicyclic amines) is 1. The molecule has 2 N–H and O–H groups in total. The second-order valence-corrected chi connectivity index (χ2v) is 6.90. The van der Waals surface area contributed by atoms with Gasteiger partial charge in [0.15, 0.2) is 18.4 Å². The normalized spacial score (nSPS) is 16.0. The van der Waals surface area contributed by atoms with Gasteiger partial charge in [-0.05, 0) is 36.4 Å². The Morgan fingerprint density at radius 1 is 1.25 bits per heavy atom. The summed E-state index contributed by atoms with van der Waals surface area (Å²) in [6, 6.07) is 11.5. The molecule has 1 aromatic carbocycles. The number of amides is 1. The number of furan rings is 1. The molecule has 1 amide bonds. The lowest BCUT2D eigenvalue weighted by atomic mass is 10.2. The van der Waals surface area contributed by atoms with Gasteiger partial charge in [-0.25, -0.2) is 0 Å². The average Bonchev–Trinajstić information content (AvgIpc) is 3.29. The minimum absolute atomic E-state index is 0.0157. The number of carbonyl (C=O) groups is 1. The Morgan fingerprint density at radius 3 is 2.67 bits per heavy atom. The van der Waals surface area contributed by atoms with E-state index >= 15 is 0 Å². The lowest BCUT2D eigenvalue weighted by Gasteiger charge is -2.23. The first-order chi connectivity index (χ1) is 11.7. The van der Waals surface area contributed by atoms with Crippen LogP contribution in [0, 0.1) is 0 Å². The number of nitrogens with one attached hydrogen (secondary N) is 2. The van der Waals surface area contributed by atoms with E-state index in [1.807, 2.05) is 36.4 Å². The van der Waals surface area contributed by atoms with Crippen LogP contribution in [0.2, 0.25) is 0 Å². The maximum atomic E-state index is 12.1. The Kier molecular flexibility index (Phi) is 5.93. The van der Waals surface area contributed by atoms with E-state index in [-0.39, 0.29) is 18.6 Å². The number of ether oxygens (including phenoxy) is 1. The molecule has 0 bridgehead atoms. The van der Waals surface area contributed by atoms with E-state index in [0.29, 0.717) is 12.3 Å². The zero-order valence-electron chi connectivity index (χ0n) is 13.5. The Morgan fingerprint density at radius 2 is 2.00 bits per heavy atom. The van der Waals surface area contributed by atoms with Gasteiger partial charge in [0.25, 0.3) is 5.91 Å². The molecule has 3 rings (SSSR count). The Balaban J connectivity index is 1.50. The molecule has 1 aliphatic rings. The number of carbonyl (C=O) groups excluding carboxylic acids is 1. The zero-order chi connectivity index (χ0) is 16.8. The second kappa shape index (κ2) is 8.35. The summed E-state index contributed by atoms with van der Waals surface area (Å²) in [6.07, 6.45) is 4.15. The molecule has 1 atom stereocenters. The van der Waals surface area contributed by atoms with E-state index in [1.165, 1.54) is 17.7 Å².